The van der Waals surface area contributed by atoms with E-state index in [0.29, 0.717) is 11.4 Å². The number of hydrogen-bond donors (Lipinski definition) is 1. The number of halogens is 1. The topological polar surface area (TPSA) is 67.8 Å². The Morgan fingerprint density at radius 2 is 1.78 bits per heavy atom. The van der Waals surface area contributed by atoms with E-state index >= 15 is 0 Å². The number of anilines is 1. The number of carbonyl (C=O) groups is 2. The van der Waals surface area contributed by atoms with Gasteiger partial charge >= 0.3 is 5.97 Å². The Balaban J connectivity index is 1.62. The lowest BCUT2D eigenvalue weighted by atomic mass is 9.64. The van der Waals surface area contributed by atoms with Crippen LogP contribution >= 0.6 is 11.6 Å². The summed E-state index contributed by atoms with van der Waals surface area (Å²) >= 11 is 6.11. The molecule has 2 atom stereocenters. The molecule has 0 aromatic heterocycles. The average Bonchev–Trinajstić information content (AvgIpc) is 3.05. The quantitative estimate of drug-likeness (QED) is 0.435. The molecule has 6 heteroatoms. The maximum absolute atomic E-state index is 13.7. The van der Waals surface area contributed by atoms with Crippen molar-refractivity contribution in [2.45, 2.75) is 53.9 Å². The van der Waals surface area contributed by atoms with E-state index in [0.717, 1.165) is 35.4 Å². The van der Waals surface area contributed by atoms with Crippen molar-refractivity contribution in [2.24, 2.45) is 21.4 Å². The molecule has 2 fully saturated rings. The molecule has 1 amide bonds. The minimum Gasteiger partial charge on any atom is -0.325 e. The van der Waals surface area contributed by atoms with E-state index < -0.39 is 11.4 Å². The number of nitrogens with zero attached hydrogens (tertiary/aromatic N) is 1. The number of nitrogens with one attached hydrogen (secondary N) is 1. The first-order valence-corrected chi connectivity index (χ1v) is 11.3. The van der Waals surface area contributed by atoms with Crippen LogP contribution in [0.1, 0.15) is 61.5 Å². The Labute approximate surface area is 194 Å². The van der Waals surface area contributed by atoms with Gasteiger partial charge in [0.2, 0.25) is 5.91 Å². The van der Waals surface area contributed by atoms with Gasteiger partial charge in [0.25, 0.3) is 0 Å². The number of aryl methyl sites for hydroxylation is 2. The first-order valence-electron chi connectivity index (χ1n) is 10.9. The third kappa shape index (κ3) is 3.25. The van der Waals surface area contributed by atoms with Gasteiger partial charge in [0, 0.05) is 17.5 Å². The summed E-state index contributed by atoms with van der Waals surface area (Å²) in [6.07, 6.45) is 2.04. The van der Waals surface area contributed by atoms with E-state index in [4.69, 9.17) is 16.4 Å². The molecule has 0 spiro atoms. The maximum Gasteiger partial charge on any atom is 0.367 e. The molecule has 2 aliphatic carbocycles. The number of oxime groups is 1. The monoisotopic (exact) mass is 452 g/mol. The molecular formula is C26H29ClN2O3. The van der Waals surface area contributed by atoms with Crippen LogP contribution in [-0.2, 0) is 9.63 Å². The number of fused-ring (bicyclic) bond motifs is 2. The number of benzene rings is 2. The number of rotatable bonds is 4. The molecule has 4 rings (SSSR count). The molecule has 1 N–H and O–H groups in total. The molecule has 168 valence electrons. The van der Waals surface area contributed by atoms with Crippen molar-refractivity contribution >= 4 is 34.9 Å². The summed E-state index contributed by atoms with van der Waals surface area (Å²) in [4.78, 5) is 31.5. The zero-order chi connectivity index (χ0) is 23.3. The molecule has 0 saturated heterocycles. The van der Waals surface area contributed by atoms with Crippen molar-refractivity contribution in [3.8, 4) is 0 Å². The lowest BCUT2D eigenvalue weighted by molar-refractivity contribution is -0.130. The van der Waals surface area contributed by atoms with Gasteiger partial charge in [-0.15, -0.1) is 0 Å². The van der Waals surface area contributed by atoms with E-state index in [-0.39, 0.29) is 22.3 Å². The lowest BCUT2D eigenvalue weighted by Crippen LogP contribution is -2.43. The third-order valence-corrected chi connectivity index (χ3v) is 8.47. The molecule has 0 heterocycles. The summed E-state index contributed by atoms with van der Waals surface area (Å²) in [7, 11) is 0. The standard InChI is InChI=1S/C26H29ClN2O3/c1-16-10-11-17(2)20(14-16)28-23(31)26-13-12-25(5,24(26,3)4)21(15-26)29-32-22(30)18-8-6-7-9-19(18)27/h6-11,14H,12-13,15H2,1-5H3,(H,28,31). The highest BCUT2D eigenvalue weighted by Crippen LogP contribution is 2.71. The van der Waals surface area contributed by atoms with Gasteiger partial charge in [-0.25, -0.2) is 4.79 Å². The summed E-state index contributed by atoms with van der Waals surface area (Å²) in [5.74, 6) is -0.594. The van der Waals surface area contributed by atoms with Crippen molar-refractivity contribution in [1.29, 1.82) is 0 Å². The molecule has 32 heavy (non-hydrogen) atoms. The highest BCUT2D eigenvalue weighted by atomic mass is 35.5. The van der Waals surface area contributed by atoms with E-state index in [2.05, 4.69) is 31.2 Å². The van der Waals surface area contributed by atoms with E-state index in [9.17, 15) is 9.59 Å². The molecule has 0 radical (unpaired) electrons. The van der Waals surface area contributed by atoms with Gasteiger partial charge in [0.1, 0.15) is 0 Å². The van der Waals surface area contributed by atoms with Gasteiger partial charge in [0.05, 0.1) is 21.7 Å². The average molecular weight is 453 g/mol. The van der Waals surface area contributed by atoms with Crippen LogP contribution in [0, 0.1) is 30.1 Å². The Kier molecular flexibility index (Phi) is 5.44. The van der Waals surface area contributed by atoms with Crippen molar-refractivity contribution in [2.75, 3.05) is 5.32 Å². The molecule has 2 aromatic carbocycles. The fraction of sp³-hybridized carbons (Fsp3) is 0.423. The Morgan fingerprint density at radius 3 is 2.50 bits per heavy atom. The summed E-state index contributed by atoms with van der Waals surface area (Å²) in [6.45, 7) is 10.4. The predicted octanol–water partition coefficient (Wildman–Crippen LogP) is 6.32. The zero-order valence-electron chi connectivity index (χ0n) is 19.2. The van der Waals surface area contributed by atoms with Crippen molar-refractivity contribution in [3.05, 3.63) is 64.2 Å². The summed E-state index contributed by atoms with van der Waals surface area (Å²) in [6, 6.07) is 12.8. The van der Waals surface area contributed by atoms with Crippen LogP contribution in [0.3, 0.4) is 0 Å². The van der Waals surface area contributed by atoms with Crippen LogP contribution < -0.4 is 5.32 Å². The van der Waals surface area contributed by atoms with Crippen LogP contribution in [0.15, 0.2) is 47.6 Å². The molecule has 2 unspecified atom stereocenters. The van der Waals surface area contributed by atoms with Crippen LogP contribution in [-0.4, -0.2) is 17.6 Å². The summed E-state index contributed by atoms with van der Waals surface area (Å²) < 4.78 is 0. The zero-order valence-corrected chi connectivity index (χ0v) is 20.0. The van der Waals surface area contributed by atoms with E-state index in [1.54, 1.807) is 24.3 Å². The number of carbonyl (C=O) groups excluding carboxylic acids is 2. The fourth-order valence-corrected chi connectivity index (χ4v) is 5.62. The van der Waals surface area contributed by atoms with Gasteiger partial charge < -0.3 is 10.2 Å². The summed E-state index contributed by atoms with van der Waals surface area (Å²) in [5, 5.41) is 7.79. The second-order valence-electron chi connectivity index (χ2n) is 9.89. The summed E-state index contributed by atoms with van der Waals surface area (Å²) in [5.41, 5.74) is 2.68. The normalized spacial score (nSPS) is 26.9. The number of hydrogen-bond acceptors (Lipinski definition) is 4. The van der Waals surface area contributed by atoms with Crippen molar-refractivity contribution in [1.82, 2.24) is 0 Å². The first kappa shape index (κ1) is 22.5. The SMILES string of the molecule is Cc1ccc(C)c(NC(=O)C23CCC(C)(C(=NOC(=O)c4ccccc4Cl)C2)C3(C)C)c1. The molecule has 2 aliphatic rings. The molecular weight excluding hydrogens is 424 g/mol. The van der Waals surface area contributed by atoms with Gasteiger partial charge in [-0.2, -0.15) is 0 Å². The van der Waals surface area contributed by atoms with Crippen molar-refractivity contribution in [3.63, 3.8) is 0 Å². The Morgan fingerprint density at radius 1 is 1.06 bits per heavy atom. The number of amides is 1. The highest BCUT2D eigenvalue weighted by Gasteiger charge is 2.71. The highest BCUT2D eigenvalue weighted by molar-refractivity contribution is 6.33. The van der Waals surface area contributed by atoms with E-state index in [1.165, 1.54) is 0 Å². The molecule has 2 aromatic rings. The smallest absolute Gasteiger partial charge is 0.325 e. The Bertz CT molecular complexity index is 1140. The Hall–Kier alpha value is -2.66. The largest absolute Gasteiger partial charge is 0.367 e. The van der Waals surface area contributed by atoms with Crippen LogP contribution in [0.5, 0.6) is 0 Å². The third-order valence-electron chi connectivity index (χ3n) is 8.14. The van der Waals surface area contributed by atoms with Crippen LogP contribution in [0.4, 0.5) is 5.69 Å². The fourth-order valence-electron chi connectivity index (χ4n) is 5.41. The second-order valence-corrected chi connectivity index (χ2v) is 10.3. The minimum atomic E-state index is -0.617. The molecule has 5 nitrogen and oxygen atoms in total. The van der Waals surface area contributed by atoms with E-state index in [1.807, 2.05) is 32.0 Å². The minimum absolute atomic E-state index is 0.00237. The first-order chi connectivity index (χ1) is 15.0. The maximum atomic E-state index is 13.7. The van der Waals surface area contributed by atoms with Crippen molar-refractivity contribution < 1.29 is 14.4 Å². The molecule has 2 bridgehead atoms. The molecule has 2 saturated carbocycles. The van der Waals surface area contributed by atoms with Gasteiger partial charge in [-0.1, -0.05) is 61.8 Å². The van der Waals surface area contributed by atoms with Crippen LogP contribution in [0.25, 0.3) is 0 Å². The van der Waals surface area contributed by atoms with Crippen LogP contribution in [0.2, 0.25) is 5.02 Å². The lowest BCUT2D eigenvalue weighted by Gasteiger charge is -2.39. The van der Waals surface area contributed by atoms with Gasteiger partial charge in [0.15, 0.2) is 0 Å². The van der Waals surface area contributed by atoms with Gasteiger partial charge in [-0.3, -0.25) is 4.79 Å². The van der Waals surface area contributed by atoms with Gasteiger partial charge in [-0.05, 0) is 61.4 Å². The second kappa shape index (κ2) is 7.73. The molecule has 0 aliphatic heterocycles. The predicted molar refractivity (Wildman–Crippen MR) is 127 cm³/mol.